The highest BCUT2D eigenvalue weighted by Crippen LogP contribution is 2.39. The molecule has 2 aromatic carbocycles. The first-order valence-electron chi connectivity index (χ1n) is 6.27. The van der Waals surface area contributed by atoms with Crippen LogP contribution in [0.5, 0.6) is 0 Å². The molecule has 1 nitrogen and oxygen atoms in total. The van der Waals surface area contributed by atoms with Crippen molar-refractivity contribution in [1.29, 1.82) is 0 Å². The van der Waals surface area contributed by atoms with E-state index in [2.05, 4.69) is 71.6 Å². The average molecular weight is 231 g/mol. The molecule has 0 aliphatic heterocycles. The lowest BCUT2D eigenvalue weighted by Gasteiger charge is -2.09. The molecule has 0 saturated carbocycles. The third-order valence-corrected chi connectivity index (χ3v) is 3.71. The fourth-order valence-electron chi connectivity index (χ4n) is 2.88. The Bertz CT molecular complexity index is 708. The first-order chi connectivity index (χ1) is 8.93. The fourth-order valence-corrected chi connectivity index (χ4v) is 2.88. The van der Waals surface area contributed by atoms with E-state index >= 15 is 0 Å². The summed E-state index contributed by atoms with van der Waals surface area (Å²) >= 11 is 0. The van der Waals surface area contributed by atoms with Gasteiger partial charge >= 0.3 is 0 Å². The largest absolute Gasteiger partial charge is 0.324 e. The van der Waals surface area contributed by atoms with Gasteiger partial charge in [-0.1, -0.05) is 36.4 Å². The second-order valence-electron chi connectivity index (χ2n) is 4.73. The van der Waals surface area contributed by atoms with E-state index in [9.17, 15) is 0 Å². The van der Waals surface area contributed by atoms with Crippen LogP contribution in [0, 0.1) is 0 Å². The molecule has 0 N–H and O–H groups in total. The van der Waals surface area contributed by atoms with Crippen LogP contribution in [0.15, 0.2) is 67.0 Å². The van der Waals surface area contributed by atoms with Crippen molar-refractivity contribution in [3.8, 4) is 16.8 Å². The van der Waals surface area contributed by atoms with Crippen molar-refractivity contribution < 1.29 is 0 Å². The Labute approximate surface area is 106 Å². The summed E-state index contributed by atoms with van der Waals surface area (Å²) in [5.74, 6) is 0. The van der Waals surface area contributed by atoms with E-state index < -0.39 is 0 Å². The van der Waals surface area contributed by atoms with Gasteiger partial charge in [-0.05, 0) is 40.5 Å². The molecule has 1 aliphatic carbocycles. The second-order valence-corrected chi connectivity index (χ2v) is 4.73. The highest BCUT2D eigenvalue weighted by molar-refractivity contribution is 5.79. The normalized spacial score (nSPS) is 12.2. The topological polar surface area (TPSA) is 4.93 Å². The van der Waals surface area contributed by atoms with Crippen molar-refractivity contribution >= 4 is 0 Å². The summed E-state index contributed by atoms with van der Waals surface area (Å²) in [6.07, 6.45) is 5.26. The Morgan fingerprint density at radius 2 is 1.50 bits per heavy atom. The van der Waals surface area contributed by atoms with E-state index in [0.29, 0.717) is 0 Å². The molecule has 0 fully saturated rings. The summed E-state index contributed by atoms with van der Waals surface area (Å²) in [5.41, 5.74) is 6.95. The number of rotatable bonds is 1. The molecule has 0 unspecified atom stereocenters. The van der Waals surface area contributed by atoms with E-state index in [-0.39, 0.29) is 0 Å². The molecule has 1 heterocycles. The maximum absolute atomic E-state index is 2.23. The molecule has 1 heteroatoms. The molecule has 4 rings (SSSR count). The number of aromatic nitrogens is 1. The van der Waals surface area contributed by atoms with Gasteiger partial charge in [0.1, 0.15) is 0 Å². The smallest absolute Gasteiger partial charge is 0.0490 e. The minimum atomic E-state index is 1.04. The van der Waals surface area contributed by atoms with Crippen molar-refractivity contribution in [2.24, 2.45) is 0 Å². The van der Waals surface area contributed by atoms with Crippen LogP contribution in [0.25, 0.3) is 16.8 Å². The quantitative estimate of drug-likeness (QED) is 0.466. The highest BCUT2D eigenvalue weighted by Gasteiger charge is 2.20. The SMILES string of the molecule is c1ccc2c(c1)Cc1c-2cccc1-n1cccc1. The minimum Gasteiger partial charge on any atom is -0.324 e. The van der Waals surface area contributed by atoms with Crippen LogP contribution in [0.4, 0.5) is 0 Å². The maximum atomic E-state index is 2.23. The first-order valence-corrected chi connectivity index (χ1v) is 6.27. The number of benzene rings is 2. The van der Waals surface area contributed by atoms with Gasteiger partial charge in [0, 0.05) is 24.5 Å². The molecule has 0 amide bonds. The van der Waals surface area contributed by atoms with Crippen molar-refractivity contribution in [3.63, 3.8) is 0 Å². The van der Waals surface area contributed by atoms with Crippen molar-refractivity contribution in [3.05, 3.63) is 78.1 Å². The van der Waals surface area contributed by atoms with Gasteiger partial charge in [-0.3, -0.25) is 0 Å². The molecular formula is C17H13N. The van der Waals surface area contributed by atoms with E-state index in [1.165, 1.54) is 27.9 Å². The highest BCUT2D eigenvalue weighted by atomic mass is 14.9. The molecule has 0 bridgehead atoms. The Hall–Kier alpha value is -2.28. The van der Waals surface area contributed by atoms with Gasteiger partial charge in [-0.25, -0.2) is 0 Å². The predicted molar refractivity (Wildman–Crippen MR) is 74.0 cm³/mol. The number of nitrogens with zero attached hydrogens (tertiary/aromatic N) is 1. The van der Waals surface area contributed by atoms with Gasteiger partial charge in [0.25, 0.3) is 0 Å². The fraction of sp³-hybridized carbons (Fsp3) is 0.0588. The van der Waals surface area contributed by atoms with Gasteiger partial charge in [-0.15, -0.1) is 0 Å². The zero-order chi connectivity index (χ0) is 11.9. The molecule has 1 aliphatic rings. The molecular weight excluding hydrogens is 218 g/mol. The number of hydrogen-bond acceptors (Lipinski definition) is 0. The summed E-state index contributed by atoms with van der Waals surface area (Å²) in [6.45, 7) is 0. The van der Waals surface area contributed by atoms with Crippen LogP contribution in [0.2, 0.25) is 0 Å². The molecule has 0 atom stereocenters. The third kappa shape index (κ3) is 1.28. The van der Waals surface area contributed by atoms with E-state index in [1.54, 1.807) is 0 Å². The van der Waals surface area contributed by atoms with E-state index in [0.717, 1.165) is 6.42 Å². The monoisotopic (exact) mass is 231 g/mol. The second kappa shape index (κ2) is 3.61. The van der Waals surface area contributed by atoms with Gasteiger partial charge in [-0.2, -0.15) is 0 Å². The standard InChI is InChI=1S/C17H13N/c1-2-7-14-13(6-1)12-16-15(14)8-5-9-17(16)18-10-3-4-11-18/h1-11H,12H2. The Morgan fingerprint density at radius 3 is 2.39 bits per heavy atom. The molecule has 18 heavy (non-hydrogen) atoms. The van der Waals surface area contributed by atoms with Crippen molar-refractivity contribution in [2.75, 3.05) is 0 Å². The van der Waals surface area contributed by atoms with Crippen LogP contribution in [-0.4, -0.2) is 4.57 Å². The molecule has 0 radical (unpaired) electrons. The number of hydrogen-bond donors (Lipinski definition) is 0. The van der Waals surface area contributed by atoms with E-state index in [4.69, 9.17) is 0 Å². The summed E-state index contributed by atoms with van der Waals surface area (Å²) in [4.78, 5) is 0. The predicted octanol–water partition coefficient (Wildman–Crippen LogP) is 4.05. The lowest BCUT2D eigenvalue weighted by atomic mass is 10.1. The Kier molecular flexibility index (Phi) is 1.95. The summed E-state index contributed by atoms with van der Waals surface area (Å²) in [6, 6.07) is 19.4. The van der Waals surface area contributed by atoms with Gasteiger partial charge in [0.2, 0.25) is 0 Å². The zero-order valence-corrected chi connectivity index (χ0v) is 10.0. The van der Waals surface area contributed by atoms with Crippen LogP contribution in [0.1, 0.15) is 11.1 Å². The van der Waals surface area contributed by atoms with Crippen LogP contribution < -0.4 is 0 Å². The van der Waals surface area contributed by atoms with E-state index in [1.807, 2.05) is 0 Å². The number of fused-ring (bicyclic) bond motifs is 3. The van der Waals surface area contributed by atoms with Gasteiger partial charge in [0.05, 0.1) is 0 Å². The lowest BCUT2D eigenvalue weighted by molar-refractivity contribution is 1.05. The van der Waals surface area contributed by atoms with Gasteiger partial charge < -0.3 is 4.57 Å². The van der Waals surface area contributed by atoms with Crippen molar-refractivity contribution in [1.82, 2.24) is 4.57 Å². The summed E-state index contributed by atoms with van der Waals surface area (Å²) in [5, 5.41) is 0. The summed E-state index contributed by atoms with van der Waals surface area (Å²) < 4.78 is 2.20. The van der Waals surface area contributed by atoms with Crippen LogP contribution in [-0.2, 0) is 6.42 Å². The Balaban J connectivity index is 1.97. The minimum absolute atomic E-state index is 1.04. The first kappa shape index (κ1) is 9.72. The van der Waals surface area contributed by atoms with Crippen LogP contribution in [0.3, 0.4) is 0 Å². The van der Waals surface area contributed by atoms with Crippen LogP contribution >= 0.6 is 0 Å². The van der Waals surface area contributed by atoms with Gasteiger partial charge in [0.15, 0.2) is 0 Å². The lowest BCUT2D eigenvalue weighted by Crippen LogP contribution is -1.95. The molecule has 0 spiro atoms. The summed E-state index contributed by atoms with van der Waals surface area (Å²) in [7, 11) is 0. The molecule has 0 saturated heterocycles. The van der Waals surface area contributed by atoms with Crippen molar-refractivity contribution in [2.45, 2.75) is 6.42 Å². The molecule has 1 aromatic heterocycles. The average Bonchev–Trinajstić information content (AvgIpc) is 3.05. The Morgan fingerprint density at radius 1 is 0.722 bits per heavy atom. The zero-order valence-electron chi connectivity index (χ0n) is 10.0. The third-order valence-electron chi connectivity index (χ3n) is 3.71. The maximum Gasteiger partial charge on any atom is 0.0490 e. The molecule has 86 valence electrons. The molecule has 3 aromatic rings.